The molecule has 2 atom stereocenters. The molecule has 110 valence electrons. The summed E-state index contributed by atoms with van der Waals surface area (Å²) in [6.07, 6.45) is 5.00. The second-order valence-corrected chi connectivity index (χ2v) is 5.39. The van der Waals surface area contributed by atoms with Gasteiger partial charge in [0.15, 0.2) is 0 Å². The van der Waals surface area contributed by atoms with Crippen molar-refractivity contribution in [3.63, 3.8) is 0 Å². The number of anilines is 1. The number of aliphatic hydroxyl groups excluding tert-OH is 1. The lowest BCUT2D eigenvalue weighted by atomic mass is 9.92. The minimum absolute atomic E-state index is 0.000317. The second-order valence-electron chi connectivity index (χ2n) is 5.39. The Morgan fingerprint density at radius 2 is 2.10 bits per heavy atom. The van der Waals surface area contributed by atoms with E-state index in [-0.39, 0.29) is 17.8 Å². The first kappa shape index (κ1) is 13.8. The highest BCUT2D eigenvalue weighted by atomic mass is 16.6. The van der Waals surface area contributed by atoms with Gasteiger partial charge in [-0.1, -0.05) is 12.8 Å². The molecule has 1 heterocycles. The van der Waals surface area contributed by atoms with E-state index < -0.39 is 4.92 Å². The Labute approximate surface area is 122 Å². The summed E-state index contributed by atoms with van der Waals surface area (Å²) in [7, 11) is 0. The van der Waals surface area contributed by atoms with Crippen LogP contribution >= 0.6 is 0 Å². The third-order valence-corrected chi connectivity index (χ3v) is 4.02. The predicted octanol–water partition coefficient (Wildman–Crippen LogP) is 2.86. The van der Waals surface area contributed by atoms with Crippen LogP contribution < -0.4 is 5.32 Å². The zero-order valence-electron chi connectivity index (χ0n) is 11.5. The van der Waals surface area contributed by atoms with E-state index in [2.05, 4.69) is 10.3 Å². The average molecular weight is 287 g/mol. The molecule has 1 aliphatic rings. The molecular formula is C15H17N3O3. The number of benzene rings is 1. The van der Waals surface area contributed by atoms with Crippen molar-refractivity contribution >= 4 is 22.3 Å². The molecule has 0 aliphatic heterocycles. The minimum Gasteiger partial charge on any atom is -0.391 e. The molecule has 1 aromatic heterocycles. The average Bonchev–Trinajstić information content (AvgIpc) is 2.49. The van der Waals surface area contributed by atoms with E-state index in [0.29, 0.717) is 10.9 Å². The molecule has 0 bridgehead atoms. The van der Waals surface area contributed by atoms with Crippen LogP contribution in [0.25, 0.3) is 10.9 Å². The summed E-state index contributed by atoms with van der Waals surface area (Å²) in [5.41, 5.74) is 1.16. The van der Waals surface area contributed by atoms with Gasteiger partial charge in [-0.25, -0.2) is 4.98 Å². The summed E-state index contributed by atoms with van der Waals surface area (Å²) in [6.45, 7) is 0. The van der Waals surface area contributed by atoms with Crippen molar-refractivity contribution in [3.05, 3.63) is 40.6 Å². The molecule has 6 nitrogen and oxygen atoms in total. The van der Waals surface area contributed by atoms with Gasteiger partial charge in [0.25, 0.3) is 5.69 Å². The quantitative estimate of drug-likeness (QED) is 0.669. The third-order valence-electron chi connectivity index (χ3n) is 4.02. The van der Waals surface area contributed by atoms with E-state index in [1.807, 2.05) is 6.07 Å². The summed E-state index contributed by atoms with van der Waals surface area (Å²) < 4.78 is 0. The number of rotatable bonds is 3. The van der Waals surface area contributed by atoms with E-state index in [0.717, 1.165) is 31.4 Å². The van der Waals surface area contributed by atoms with Crippen LogP contribution in [0.4, 0.5) is 11.4 Å². The summed E-state index contributed by atoms with van der Waals surface area (Å²) in [6, 6.07) is 6.72. The van der Waals surface area contributed by atoms with Crippen LogP contribution in [0, 0.1) is 10.1 Å². The normalized spacial score (nSPS) is 22.1. The van der Waals surface area contributed by atoms with Gasteiger partial charge in [0, 0.05) is 23.3 Å². The number of nitro groups is 1. The van der Waals surface area contributed by atoms with Gasteiger partial charge in [-0.2, -0.15) is 0 Å². The Morgan fingerprint density at radius 1 is 1.29 bits per heavy atom. The first-order chi connectivity index (χ1) is 10.2. The highest BCUT2D eigenvalue weighted by Crippen LogP contribution is 2.31. The fourth-order valence-electron chi connectivity index (χ4n) is 2.91. The second kappa shape index (κ2) is 5.65. The molecule has 0 spiro atoms. The molecule has 2 unspecified atom stereocenters. The topological polar surface area (TPSA) is 88.3 Å². The van der Waals surface area contributed by atoms with Crippen molar-refractivity contribution in [3.8, 4) is 0 Å². The fourth-order valence-corrected chi connectivity index (χ4v) is 2.91. The molecule has 1 aliphatic carbocycles. The molecular weight excluding hydrogens is 270 g/mol. The third kappa shape index (κ3) is 2.67. The number of non-ortho nitro benzene ring substituents is 1. The van der Waals surface area contributed by atoms with Gasteiger partial charge < -0.3 is 10.4 Å². The Bertz CT molecular complexity index is 674. The maximum absolute atomic E-state index is 11.1. The van der Waals surface area contributed by atoms with E-state index in [1.54, 1.807) is 18.3 Å². The maximum Gasteiger partial charge on any atom is 0.295 e. The maximum atomic E-state index is 11.1. The number of nitrogens with zero attached hydrogens (tertiary/aromatic N) is 2. The van der Waals surface area contributed by atoms with Crippen molar-refractivity contribution in [1.82, 2.24) is 4.98 Å². The standard InChI is InChI=1S/C15H17N3O3/c19-14-6-2-1-5-12(14)17-11-7-8-13(18(20)21)15-10(11)4-3-9-16-15/h3-4,7-9,12,14,17,19H,1-2,5-6H2. The molecule has 0 saturated heterocycles. The van der Waals surface area contributed by atoms with Crippen LogP contribution in [0.1, 0.15) is 25.7 Å². The van der Waals surface area contributed by atoms with E-state index in [4.69, 9.17) is 0 Å². The highest BCUT2D eigenvalue weighted by molar-refractivity contribution is 5.97. The molecule has 21 heavy (non-hydrogen) atoms. The van der Waals surface area contributed by atoms with Crippen LogP contribution in [-0.4, -0.2) is 27.2 Å². The monoisotopic (exact) mass is 287 g/mol. The summed E-state index contributed by atoms with van der Waals surface area (Å²) in [5, 5.41) is 25.2. The Balaban J connectivity index is 1.99. The van der Waals surface area contributed by atoms with Crippen LogP contribution in [0.3, 0.4) is 0 Å². The predicted molar refractivity (Wildman–Crippen MR) is 80.3 cm³/mol. The van der Waals surface area contributed by atoms with Crippen LogP contribution in [0.15, 0.2) is 30.5 Å². The van der Waals surface area contributed by atoms with Gasteiger partial charge in [-0.05, 0) is 31.0 Å². The number of nitrogens with one attached hydrogen (secondary N) is 1. The molecule has 0 amide bonds. The van der Waals surface area contributed by atoms with Crippen molar-refractivity contribution in [1.29, 1.82) is 0 Å². The van der Waals surface area contributed by atoms with Gasteiger partial charge in [0.1, 0.15) is 5.52 Å². The molecule has 1 aromatic carbocycles. The van der Waals surface area contributed by atoms with Gasteiger partial charge in [0.05, 0.1) is 17.1 Å². The number of fused-ring (bicyclic) bond motifs is 1. The van der Waals surface area contributed by atoms with E-state index in [9.17, 15) is 15.2 Å². The fraction of sp³-hybridized carbons (Fsp3) is 0.400. The SMILES string of the molecule is O=[N+]([O-])c1ccc(NC2CCCCC2O)c2cccnc12. The molecule has 2 aromatic rings. The van der Waals surface area contributed by atoms with Crippen LogP contribution in [-0.2, 0) is 0 Å². The van der Waals surface area contributed by atoms with Crippen LogP contribution in [0.2, 0.25) is 0 Å². The summed E-state index contributed by atoms with van der Waals surface area (Å²) >= 11 is 0. The highest BCUT2D eigenvalue weighted by Gasteiger charge is 2.24. The number of nitro benzene ring substituents is 1. The van der Waals surface area contributed by atoms with Gasteiger partial charge in [-0.3, -0.25) is 10.1 Å². The zero-order valence-corrected chi connectivity index (χ0v) is 11.5. The number of hydrogen-bond donors (Lipinski definition) is 2. The lowest BCUT2D eigenvalue weighted by Crippen LogP contribution is -2.36. The van der Waals surface area contributed by atoms with E-state index in [1.165, 1.54) is 6.07 Å². The largest absolute Gasteiger partial charge is 0.391 e. The number of hydrogen-bond acceptors (Lipinski definition) is 5. The van der Waals surface area contributed by atoms with Gasteiger partial charge in [-0.15, -0.1) is 0 Å². The summed E-state index contributed by atoms with van der Waals surface area (Å²) in [4.78, 5) is 14.8. The van der Waals surface area contributed by atoms with E-state index >= 15 is 0 Å². The first-order valence-electron chi connectivity index (χ1n) is 7.13. The zero-order chi connectivity index (χ0) is 14.8. The lowest BCUT2D eigenvalue weighted by molar-refractivity contribution is -0.383. The lowest BCUT2D eigenvalue weighted by Gasteiger charge is -2.29. The Morgan fingerprint density at radius 3 is 2.86 bits per heavy atom. The van der Waals surface area contributed by atoms with Gasteiger partial charge in [0.2, 0.25) is 0 Å². The van der Waals surface area contributed by atoms with Crippen LogP contribution in [0.5, 0.6) is 0 Å². The van der Waals surface area contributed by atoms with Crippen molar-refractivity contribution in [2.45, 2.75) is 37.8 Å². The smallest absolute Gasteiger partial charge is 0.295 e. The number of aliphatic hydroxyl groups is 1. The number of aromatic nitrogens is 1. The molecule has 1 fully saturated rings. The first-order valence-corrected chi connectivity index (χ1v) is 7.13. The van der Waals surface area contributed by atoms with Crippen molar-refractivity contribution < 1.29 is 10.0 Å². The molecule has 6 heteroatoms. The molecule has 1 saturated carbocycles. The Kier molecular flexibility index (Phi) is 3.70. The molecule has 2 N–H and O–H groups in total. The van der Waals surface area contributed by atoms with Gasteiger partial charge >= 0.3 is 0 Å². The number of pyridine rings is 1. The summed E-state index contributed by atoms with van der Waals surface area (Å²) in [5.74, 6) is 0. The van der Waals surface area contributed by atoms with Crippen molar-refractivity contribution in [2.24, 2.45) is 0 Å². The molecule has 3 rings (SSSR count). The Hall–Kier alpha value is -2.21. The molecule has 0 radical (unpaired) electrons. The minimum atomic E-state index is -0.422. The van der Waals surface area contributed by atoms with Crippen molar-refractivity contribution in [2.75, 3.05) is 5.32 Å².